The maximum atomic E-state index is 10.3. The van der Waals surface area contributed by atoms with E-state index in [-0.39, 0.29) is 0 Å². The van der Waals surface area contributed by atoms with Gasteiger partial charge < -0.3 is 15.8 Å². The molecule has 0 spiro atoms. The summed E-state index contributed by atoms with van der Waals surface area (Å²) in [5, 5.41) is 16.3. The van der Waals surface area contributed by atoms with Crippen molar-refractivity contribution in [1.29, 1.82) is 0 Å². The van der Waals surface area contributed by atoms with E-state index in [4.69, 9.17) is 27.3 Å². The number of imidazole rings is 1. The molecule has 4 N–H and O–H groups in total. The number of nitrogen functional groups attached to an aromatic ring is 1. The van der Waals surface area contributed by atoms with E-state index in [2.05, 4.69) is 25.0 Å². The molecule has 1 aromatic carbocycles. The number of nitrogens with two attached hydrogens (primary N) is 1. The Morgan fingerprint density at radius 1 is 1.00 bits per heavy atom. The molecule has 0 saturated heterocycles. The van der Waals surface area contributed by atoms with Crippen molar-refractivity contribution in [2.75, 3.05) is 5.73 Å². The second kappa shape index (κ2) is 10.4. The predicted molar refractivity (Wildman–Crippen MR) is 158 cm³/mol. The smallest absolute Gasteiger partial charge is 0.146 e. The van der Waals surface area contributed by atoms with Crippen molar-refractivity contribution >= 4 is 28.3 Å². The van der Waals surface area contributed by atoms with Gasteiger partial charge in [-0.25, -0.2) is 15.0 Å². The third-order valence-corrected chi connectivity index (χ3v) is 7.00. The first-order valence-corrected chi connectivity index (χ1v) is 13.4. The molecule has 0 saturated carbocycles. The molecule has 0 fully saturated rings. The molecule has 11 heteroatoms. The van der Waals surface area contributed by atoms with Crippen LogP contribution < -0.4 is 5.73 Å². The van der Waals surface area contributed by atoms with Gasteiger partial charge in [-0.05, 0) is 50.2 Å². The Labute approximate surface area is 241 Å². The third-order valence-electron chi connectivity index (χ3n) is 6.71. The number of aliphatic hydroxyl groups is 1. The highest BCUT2D eigenvalue weighted by molar-refractivity contribution is 6.35. The van der Waals surface area contributed by atoms with Crippen LogP contribution in [0.4, 0.5) is 5.82 Å². The highest BCUT2D eigenvalue weighted by Crippen LogP contribution is 2.34. The Balaban J connectivity index is 1.36. The first-order chi connectivity index (χ1) is 19.6. The maximum absolute atomic E-state index is 10.3. The van der Waals surface area contributed by atoms with Crippen molar-refractivity contribution in [2.24, 2.45) is 7.05 Å². The summed E-state index contributed by atoms with van der Waals surface area (Å²) in [6.45, 7) is 3.43. The van der Waals surface area contributed by atoms with E-state index in [1.54, 1.807) is 30.9 Å². The van der Waals surface area contributed by atoms with Gasteiger partial charge in [0, 0.05) is 54.4 Å². The van der Waals surface area contributed by atoms with Crippen LogP contribution in [-0.2, 0) is 25.5 Å². The number of rotatable bonds is 7. The fourth-order valence-electron chi connectivity index (χ4n) is 4.68. The predicted octanol–water partition coefficient (Wildman–Crippen LogP) is 4.86. The van der Waals surface area contributed by atoms with Gasteiger partial charge >= 0.3 is 0 Å². The summed E-state index contributed by atoms with van der Waals surface area (Å²) in [4.78, 5) is 26.7. The van der Waals surface area contributed by atoms with E-state index in [0.717, 1.165) is 22.3 Å². The molecular weight excluding hydrogens is 538 g/mol. The van der Waals surface area contributed by atoms with Gasteiger partial charge in [-0.15, -0.1) is 0 Å². The highest BCUT2D eigenvalue weighted by Gasteiger charge is 2.20. The van der Waals surface area contributed by atoms with Gasteiger partial charge in [0.25, 0.3) is 0 Å². The second-order valence-electron chi connectivity index (χ2n) is 10.4. The number of hydrogen-bond donors (Lipinski definition) is 3. The quantitative estimate of drug-likeness (QED) is 0.249. The van der Waals surface area contributed by atoms with Crippen LogP contribution in [0.2, 0.25) is 5.02 Å². The van der Waals surface area contributed by atoms with Crippen molar-refractivity contribution in [3.63, 3.8) is 0 Å². The minimum Gasteiger partial charge on any atom is -0.384 e. The number of hydrogen-bond acceptors (Lipinski definition) is 8. The number of nitrogens with one attached hydrogen (secondary N) is 1. The zero-order valence-electron chi connectivity index (χ0n) is 22.8. The van der Waals surface area contributed by atoms with E-state index in [9.17, 15) is 5.11 Å². The van der Waals surface area contributed by atoms with Gasteiger partial charge in [-0.2, -0.15) is 5.10 Å². The number of aromatic amines is 1. The minimum absolute atomic E-state index is 0.292. The monoisotopic (exact) mass is 565 g/mol. The zero-order valence-corrected chi connectivity index (χ0v) is 23.6. The summed E-state index contributed by atoms with van der Waals surface area (Å²) in [6.07, 6.45) is 6.21. The zero-order chi connectivity index (χ0) is 28.7. The summed E-state index contributed by atoms with van der Waals surface area (Å²) >= 11 is 6.63. The Morgan fingerprint density at radius 3 is 2.63 bits per heavy atom. The lowest BCUT2D eigenvalue weighted by molar-refractivity contribution is 0.0736. The first-order valence-electron chi connectivity index (χ1n) is 13.1. The fraction of sp³-hybridized carbons (Fsp3) is 0.200. The lowest BCUT2D eigenvalue weighted by Crippen LogP contribution is -2.18. The van der Waals surface area contributed by atoms with Gasteiger partial charge in [-0.1, -0.05) is 23.7 Å². The Kier molecular flexibility index (Phi) is 6.72. The first kappa shape index (κ1) is 26.5. The standard InChI is InChI=1S/C30H28ClN9O/c1-30(2,41)24-8-4-7-19(35-24)14-20-16-34-25(36-20)15-23-29(32)38-28(22-9-11-40(3)39-22)27(37-23)18-12-17-6-5-10-33-26(17)21(31)13-18/h4-13,16,41H,14-15H2,1-3H3,(H2,32,38)(H,34,36). The molecule has 206 valence electrons. The molecule has 5 aromatic heterocycles. The van der Waals surface area contributed by atoms with Crippen LogP contribution >= 0.6 is 11.6 Å². The molecular formula is C30H28ClN9O. The van der Waals surface area contributed by atoms with Crippen LogP contribution in [0.25, 0.3) is 33.5 Å². The van der Waals surface area contributed by atoms with Crippen LogP contribution in [0.1, 0.15) is 42.4 Å². The van der Waals surface area contributed by atoms with Crippen LogP contribution in [0.5, 0.6) is 0 Å². The largest absolute Gasteiger partial charge is 0.384 e. The van der Waals surface area contributed by atoms with Gasteiger partial charge in [0.15, 0.2) is 0 Å². The van der Waals surface area contributed by atoms with Crippen LogP contribution in [0.3, 0.4) is 0 Å². The van der Waals surface area contributed by atoms with Crippen molar-refractivity contribution in [1.82, 2.24) is 39.7 Å². The molecule has 0 bridgehead atoms. The molecule has 0 atom stereocenters. The molecule has 0 radical (unpaired) electrons. The van der Waals surface area contributed by atoms with Gasteiger partial charge in [0.1, 0.15) is 28.6 Å². The average molecular weight is 566 g/mol. The van der Waals surface area contributed by atoms with Gasteiger partial charge in [0.2, 0.25) is 0 Å². The topological polar surface area (TPSA) is 144 Å². The number of aromatic nitrogens is 8. The van der Waals surface area contributed by atoms with Crippen LogP contribution in [-0.4, -0.2) is 44.8 Å². The number of H-pyrrole nitrogens is 1. The summed E-state index contributed by atoms with van der Waals surface area (Å²) in [6, 6.07) is 15.2. The van der Waals surface area contributed by atoms with Crippen LogP contribution in [0.15, 0.2) is 67.1 Å². The SMILES string of the molecule is Cn1ccc(-c2nc(N)c(Cc3ncc(Cc4cccc(C(C)(C)O)n4)[nH]3)nc2-c2cc(Cl)c3ncccc3c2)n1. The average Bonchev–Trinajstić information content (AvgIpc) is 3.57. The normalized spacial score (nSPS) is 11.8. The van der Waals surface area contributed by atoms with Gasteiger partial charge in [-0.3, -0.25) is 14.6 Å². The summed E-state index contributed by atoms with van der Waals surface area (Å²) in [5.41, 5.74) is 11.6. The maximum Gasteiger partial charge on any atom is 0.146 e. The van der Waals surface area contributed by atoms with E-state index < -0.39 is 5.60 Å². The summed E-state index contributed by atoms with van der Waals surface area (Å²) in [5.74, 6) is 0.984. The van der Waals surface area contributed by atoms with E-state index in [0.29, 0.717) is 63.5 Å². The molecule has 5 heterocycles. The van der Waals surface area contributed by atoms with E-state index in [1.807, 2.05) is 61.8 Å². The molecule has 0 amide bonds. The molecule has 0 unspecified atom stereocenters. The molecule has 10 nitrogen and oxygen atoms in total. The Hall–Kier alpha value is -4.67. The molecule has 0 aliphatic heterocycles. The summed E-state index contributed by atoms with van der Waals surface area (Å²) in [7, 11) is 1.85. The molecule has 0 aliphatic carbocycles. The van der Waals surface area contributed by atoms with E-state index >= 15 is 0 Å². The molecule has 41 heavy (non-hydrogen) atoms. The third kappa shape index (κ3) is 5.52. The number of halogens is 1. The second-order valence-corrected chi connectivity index (χ2v) is 10.8. The minimum atomic E-state index is -1.02. The van der Waals surface area contributed by atoms with Crippen molar-refractivity contribution < 1.29 is 5.11 Å². The molecule has 6 rings (SSSR count). The van der Waals surface area contributed by atoms with Crippen molar-refractivity contribution in [3.05, 3.63) is 101 Å². The van der Waals surface area contributed by atoms with Crippen LogP contribution in [0, 0.1) is 0 Å². The number of fused-ring (bicyclic) bond motifs is 1. The molecule has 6 aromatic rings. The number of aryl methyl sites for hydroxylation is 1. The lowest BCUT2D eigenvalue weighted by Gasteiger charge is -2.17. The number of benzene rings is 1. The molecule has 0 aliphatic rings. The van der Waals surface area contributed by atoms with Crippen molar-refractivity contribution in [2.45, 2.75) is 32.3 Å². The van der Waals surface area contributed by atoms with Gasteiger partial charge in [0.05, 0.1) is 34.0 Å². The number of pyridine rings is 2. The number of nitrogens with zero attached hydrogens (tertiary/aromatic N) is 7. The van der Waals surface area contributed by atoms with Crippen molar-refractivity contribution in [3.8, 4) is 22.6 Å². The highest BCUT2D eigenvalue weighted by atomic mass is 35.5. The van der Waals surface area contributed by atoms with E-state index in [1.165, 1.54) is 0 Å². The Morgan fingerprint density at radius 2 is 1.85 bits per heavy atom. The fourth-order valence-corrected chi connectivity index (χ4v) is 4.95. The Bertz CT molecular complexity index is 1890. The summed E-state index contributed by atoms with van der Waals surface area (Å²) < 4.78 is 1.71. The lowest BCUT2D eigenvalue weighted by atomic mass is 10.0. The number of anilines is 1.